The lowest BCUT2D eigenvalue weighted by Gasteiger charge is -2.06. The van der Waals surface area contributed by atoms with Crippen molar-refractivity contribution in [3.63, 3.8) is 0 Å². The van der Waals surface area contributed by atoms with Crippen molar-refractivity contribution in [3.8, 4) is 5.75 Å². The van der Waals surface area contributed by atoms with Gasteiger partial charge >= 0.3 is 0 Å². The smallest absolute Gasteiger partial charge is 0.187 e. The molecule has 0 amide bonds. The number of halogens is 1. The van der Waals surface area contributed by atoms with Crippen molar-refractivity contribution in [2.24, 2.45) is 0 Å². The molecular weight excluding hydrogens is 305 g/mol. The van der Waals surface area contributed by atoms with Crippen LogP contribution in [0.1, 0.15) is 35.7 Å². The fourth-order valence-corrected chi connectivity index (χ4v) is 2.14. The van der Waals surface area contributed by atoms with Gasteiger partial charge in [0.25, 0.3) is 0 Å². The highest BCUT2D eigenvalue weighted by atomic mass is 19.1. The third-order valence-electron chi connectivity index (χ3n) is 3.57. The van der Waals surface area contributed by atoms with Gasteiger partial charge in [0.1, 0.15) is 11.6 Å². The summed E-state index contributed by atoms with van der Waals surface area (Å²) in [6, 6.07) is 11.6. The van der Waals surface area contributed by atoms with Crippen LogP contribution in [-0.2, 0) is 0 Å². The number of ketones is 1. The molecule has 2 aromatic carbocycles. The first-order valence-electron chi connectivity index (χ1n) is 8.06. The summed E-state index contributed by atoms with van der Waals surface area (Å²) in [6.45, 7) is 4.60. The standard InChI is InChI=1S/C20H22FNO2/c1-3-4-13-24-18-8-5-16(6-9-18)20(23)11-12-22-19-10-7-17(21)14-15(19)2/h5-12,14,22H,3-4,13H2,1-2H3. The molecule has 0 bridgehead atoms. The fourth-order valence-electron chi connectivity index (χ4n) is 2.14. The molecule has 3 nitrogen and oxygen atoms in total. The number of carbonyl (C=O) groups is 1. The molecule has 24 heavy (non-hydrogen) atoms. The molecule has 0 radical (unpaired) electrons. The second-order valence-electron chi connectivity index (χ2n) is 5.53. The fraction of sp³-hybridized carbons (Fsp3) is 0.250. The number of allylic oxidation sites excluding steroid dienone is 1. The predicted octanol–water partition coefficient (Wildman–Crippen LogP) is 5.12. The molecule has 2 aromatic rings. The summed E-state index contributed by atoms with van der Waals surface area (Å²) in [4.78, 5) is 12.1. The van der Waals surface area contributed by atoms with Gasteiger partial charge in [-0.05, 0) is 61.4 Å². The van der Waals surface area contributed by atoms with E-state index < -0.39 is 0 Å². The maximum atomic E-state index is 13.0. The zero-order valence-electron chi connectivity index (χ0n) is 14.0. The van der Waals surface area contributed by atoms with E-state index in [4.69, 9.17) is 4.74 Å². The van der Waals surface area contributed by atoms with Gasteiger partial charge in [-0.3, -0.25) is 4.79 Å². The first-order chi connectivity index (χ1) is 11.6. The van der Waals surface area contributed by atoms with Crippen molar-refractivity contribution in [2.45, 2.75) is 26.7 Å². The van der Waals surface area contributed by atoms with E-state index in [-0.39, 0.29) is 11.6 Å². The minimum absolute atomic E-state index is 0.109. The molecule has 126 valence electrons. The number of benzene rings is 2. The Kier molecular flexibility index (Phi) is 6.55. The van der Waals surface area contributed by atoms with Gasteiger partial charge in [0.05, 0.1) is 6.61 Å². The van der Waals surface area contributed by atoms with Crippen LogP contribution in [0.5, 0.6) is 5.75 Å². The van der Waals surface area contributed by atoms with Crippen LogP contribution in [-0.4, -0.2) is 12.4 Å². The first-order valence-corrected chi connectivity index (χ1v) is 8.06. The Morgan fingerprint density at radius 1 is 1.21 bits per heavy atom. The van der Waals surface area contributed by atoms with E-state index in [1.165, 1.54) is 18.2 Å². The third kappa shape index (κ3) is 5.23. The number of hydrogen-bond donors (Lipinski definition) is 1. The van der Waals surface area contributed by atoms with E-state index in [0.29, 0.717) is 12.2 Å². The number of unbranched alkanes of at least 4 members (excludes halogenated alkanes) is 1. The van der Waals surface area contributed by atoms with Crippen LogP contribution >= 0.6 is 0 Å². The Morgan fingerprint density at radius 2 is 1.96 bits per heavy atom. The van der Waals surface area contributed by atoms with Crippen molar-refractivity contribution in [2.75, 3.05) is 11.9 Å². The summed E-state index contributed by atoms with van der Waals surface area (Å²) in [5, 5.41) is 2.99. The molecule has 0 fully saturated rings. The van der Waals surface area contributed by atoms with E-state index in [2.05, 4.69) is 12.2 Å². The van der Waals surface area contributed by atoms with Crippen molar-refractivity contribution in [1.29, 1.82) is 0 Å². The molecule has 0 atom stereocenters. The van der Waals surface area contributed by atoms with Gasteiger partial charge in [0.2, 0.25) is 0 Å². The topological polar surface area (TPSA) is 38.3 Å². The van der Waals surface area contributed by atoms with Crippen LogP contribution < -0.4 is 10.1 Å². The number of rotatable bonds is 8. The van der Waals surface area contributed by atoms with E-state index in [9.17, 15) is 9.18 Å². The highest BCUT2D eigenvalue weighted by Gasteiger charge is 2.03. The number of carbonyl (C=O) groups excluding carboxylic acids is 1. The molecule has 0 saturated carbocycles. The lowest BCUT2D eigenvalue weighted by Crippen LogP contribution is -1.99. The molecule has 0 unspecified atom stereocenters. The molecule has 4 heteroatoms. The summed E-state index contributed by atoms with van der Waals surface area (Å²) in [5.41, 5.74) is 2.13. The predicted molar refractivity (Wildman–Crippen MR) is 95.1 cm³/mol. The van der Waals surface area contributed by atoms with Gasteiger partial charge in [-0.1, -0.05) is 13.3 Å². The second kappa shape index (κ2) is 8.87. The van der Waals surface area contributed by atoms with Crippen molar-refractivity contribution >= 4 is 11.5 Å². The molecule has 0 saturated heterocycles. The molecule has 0 heterocycles. The van der Waals surface area contributed by atoms with Crippen LogP contribution in [0.15, 0.2) is 54.7 Å². The second-order valence-corrected chi connectivity index (χ2v) is 5.53. The Hall–Kier alpha value is -2.62. The molecule has 1 N–H and O–H groups in total. The van der Waals surface area contributed by atoms with Gasteiger partial charge in [-0.2, -0.15) is 0 Å². The summed E-state index contributed by atoms with van der Waals surface area (Å²) in [5.74, 6) is 0.380. The van der Waals surface area contributed by atoms with E-state index in [1.54, 1.807) is 43.5 Å². The number of ether oxygens (including phenoxy) is 1. The molecular formula is C20H22FNO2. The van der Waals surface area contributed by atoms with Crippen LogP contribution in [0, 0.1) is 12.7 Å². The van der Waals surface area contributed by atoms with Gasteiger partial charge in [0.15, 0.2) is 5.78 Å². The Balaban J connectivity index is 1.91. The summed E-state index contributed by atoms with van der Waals surface area (Å²) >= 11 is 0. The molecule has 0 aliphatic heterocycles. The largest absolute Gasteiger partial charge is 0.494 e. The number of anilines is 1. The van der Waals surface area contributed by atoms with Crippen molar-refractivity contribution in [3.05, 3.63) is 71.7 Å². The summed E-state index contributed by atoms with van der Waals surface area (Å²) in [7, 11) is 0. The maximum absolute atomic E-state index is 13.0. The van der Waals surface area contributed by atoms with Gasteiger partial charge in [-0.25, -0.2) is 4.39 Å². The normalized spacial score (nSPS) is 10.8. The molecule has 0 aliphatic carbocycles. The van der Waals surface area contributed by atoms with E-state index in [0.717, 1.165) is 29.8 Å². The third-order valence-corrected chi connectivity index (χ3v) is 3.57. The minimum atomic E-state index is -0.278. The summed E-state index contributed by atoms with van der Waals surface area (Å²) in [6.07, 6.45) is 5.11. The van der Waals surface area contributed by atoms with Crippen LogP contribution in [0.25, 0.3) is 0 Å². The SMILES string of the molecule is CCCCOc1ccc(C(=O)C=CNc2ccc(F)cc2C)cc1. The van der Waals surface area contributed by atoms with Gasteiger partial charge in [-0.15, -0.1) is 0 Å². The highest BCUT2D eigenvalue weighted by molar-refractivity contribution is 6.04. The monoisotopic (exact) mass is 327 g/mol. The number of aryl methyl sites for hydroxylation is 1. The van der Waals surface area contributed by atoms with Crippen molar-refractivity contribution in [1.82, 2.24) is 0 Å². The Bertz CT molecular complexity index is 708. The zero-order chi connectivity index (χ0) is 17.4. The van der Waals surface area contributed by atoms with Crippen LogP contribution in [0.2, 0.25) is 0 Å². The van der Waals surface area contributed by atoms with Crippen LogP contribution in [0.3, 0.4) is 0 Å². The Labute approximate surface area is 142 Å². The van der Waals surface area contributed by atoms with E-state index >= 15 is 0 Å². The number of nitrogens with one attached hydrogen (secondary N) is 1. The maximum Gasteiger partial charge on any atom is 0.187 e. The number of hydrogen-bond acceptors (Lipinski definition) is 3. The lowest BCUT2D eigenvalue weighted by atomic mass is 10.1. The lowest BCUT2D eigenvalue weighted by molar-refractivity contribution is 0.104. The minimum Gasteiger partial charge on any atom is -0.494 e. The summed E-state index contributed by atoms with van der Waals surface area (Å²) < 4.78 is 18.6. The first kappa shape index (κ1) is 17.7. The Morgan fingerprint density at radius 3 is 2.62 bits per heavy atom. The van der Waals surface area contributed by atoms with Gasteiger partial charge in [0, 0.05) is 23.5 Å². The average Bonchev–Trinajstić information content (AvgIpc) is 2.57. The molecule has 2 rings (SSSR count). The molecule has 0 spiro atoms. The molecule has 0 aromatic heterocycles. The highest BCUT2D eigenvalue weighted by Crippen LogP contribution is 2.16. The van der Waals surface area contributed by atoms with E-state index in [1.807, 2.05) is 0 Å². The van der Waals surface area contributed by atoms with Gasteiger partial charge < -0.3 is 10.1 Å². The zero-order valence-corrected chi connectivity index (χ0v) is 14.0. The van der Waals surface area contributed by atoms with Crippen molar-refractivity contribution < 1.29 is 13.9 Å². The van der Waals surface area contributed by atoms with Crippen LogP contribution in [0.4, 0.5) is 10.1 Å². The molecule has 0 aliphatic rings. The average molecular weight is 327 g/mol. The quantitative estimate of drug-likeness (QED) is 0.415.